The maximum atomic E-state index is 11.8. The van der Waals surface area contributed by atoms with E-state index in [9.17, 15) is 4.79 Å². The molecule has 0 atom stereocenters. The molecule has 9 nitrogen and oxygen atoms in total. The highest BCUT2D eigenvalue weighted by molar-refractivity contribution is 5.78. The van der Waals surface area contributed by atoms with Gasteiger partial charge in [-0.25, -0.2) is 0 Å². The summed E-state index contributed by atoms with van der Waals surface area (Å²) in [6, 6.07) is 0.616. The van der Waals surface area contributed by atoms with E-state index in [1.54, 1.807) is 0 Å². The minimum Gasteiger partial charge on any atom is -0.467 e. The molecule has 1 saturated heterocycles. The topological polar surface area (TPSA) is 92.7 Å². The van der Waals surface area contributed by atoms with Crippen LogP contribution in [-0.4, -0.2) is 78.7 Å². The molecule has 0 unspecified atom stereocenters. The number of anilines is 1. The summed E-state index contributed by atoms with van der Waals surface area (Å²) in [7, 11) is 3.01. The van der Waals surface area contributed by atoms with Crippen molar-refractivity contribution in [3.05, 3.63) is 0 Å². The van der Waals surface area contributed by atoms with Crippen molar-refractivity contribution in [2.24, 2.45) is 0 Å². The molecule has 1 aromatic rings. The van der Waals surface area contributed by atoms with Crippen molar-refractivity contribution in [3.63, 3.8) is 0 Å². The molecule has 128 valence electrons. The molecule has 0 aliphatic carbocycles. The normalized spacial score (nSPS) is 15.6. The number of methoxy groups -OCH3 is 2. The molecular formula is C14H24N6O3. The Morgan fingerprint density at radius 1 is 1.09 bits per heavy atom. The highest BCUT2D eigenvalue weighted by atomic mass is 16.5. The van der Waals surface area contributed by atoms with Gasteiger partial charge >= 0.3 is 12.0 Å². The van der Waals surface area contributed by atoms with Crippen molar-refractivity contribution in [1.82, 2.24) is 25.2 Å². The quantitative estimate of drug-likeness (QED) is 0.751. The van der Waals surface area contributed by atoms with Crippen LogP contribution in [0.4, 0.5) is 5.95 Å². The van der Waals surface area contributed by atoms with Crippen LogP contribution >= 0.6 is 0 Å². The van der Waals surface area contributed by atoms with E-state index in [0.717, 1.165) is 26.2 Å². The van der Waals surface area contributed by atoms with Gasteiger partial charge in [-0.3, -0.25) is 9.69 Å². The van der Waals surface area contributed by atoms with Crippen molar-refractivity contribution in [3.8, 4) is 12.0 Å². The van der Waals surface area contributed by atoms with Gasteiger partial charge in [-0.1, -0.05) is 0 Å². The average Bonchev–Trinajstić information content (AvgIpc) is 2.54. The Morgan fingerprint density at radius 3 is 2.13 bits per heavy atom. The molecule has 0 saturated carbocycles. The minimum atomic E-state index is 0.0527. The van der Waals surface area contributed by atoms with Gasteiger partial charge < -0.3 is 19.7 Å². The number of ether oxygens (including phenoxy) is 2. The second kappa shape index (κ2) is 7.91. The van der Waals surface area contributed by atoms with E-state index in [4.69, 9.17) is 9.47 Å². The first-order chi connectivity index (χ1) is 11.0. The molecule has 2 rings (SSSR count). The predicted octanol–water partition coefficient (Wildman–Crippen LogP) is -0.465. The Morgan fingerprint density at radius 2 is 1.65 bits per heavy atom. The second-order valence-corrected chi connectivity index (χ2v) is 5.59. The number of carbonyl (C=O) groups excluding carboxylic acids is 1. The Kier molecular flexibility index (Phi) is 5.91. The van der Waals surface area contributed by atoms with Crippen LogP contribution in [-0.2, 0) is 4.79 Å². The second-order valence-electron chi connectivity index (χ2n) is 5.59. The number of hydrogen-bond donors (Lipinski definition) is 1. The number of nitrogens with zero attached hydrogens (tertiary/aromatic N) is 5. The molecule has 0 spiro atoms. The summed E-state index contributed by atoms with van der Waals surface area (Å²) in [5.41, 5.74) is 0. The molecule has 1 aromatic heterocycles. The maximum absolute atomic E-state index is 11.8. The largest absolute Gasteiger partial charge is 0.467 e. The monoisotopic (exact) mass is 324 g/mol. The molecular weight excluding hydrogens is 300 g/mol. The highest BCUT2D eigenvalue weighted by Crippen LogP contribution is 2.17. The van der Waals surface area contributed by atoms with Crippen molar-refractivity contribution in [2.45, 2.75) is 19.9 Å². The summed E-state index contributed by atoms with van der Waals surface area (Å²) in [6.07, 6.45) is 0. The smallest absolute Gasteiger partial charge is 0.324 e. The standard InChI is InChI=1S/C14H24N6O3/c1-10(2)15-11(21)9-19-5-7-20(8-6-19)12-16-13(22-3)18-14(17-12)23-4/h10H,5-9H2,1-4H3,(H,15,21). The van der Waals surface area contributed by atoms with Crippen LogP contribution in [0.25, 0.3) is 0 Å². The molecule has 0 aromatic carbocycles. The van der Waals surface area contributed by atoms with Gasteiger partial charge in [0, 0.05) is 32.2 Å². The molecule has 2 heterocycles. The van der Waals surface area contributed by atoms with Crippen molar-refractivity contribution >= 4 is 11.9 Å². The van der Waals surface area contributed by atoms with Gasteiger partial charge in [0.2, 0.25) is 11.9 Å². The fraction of sp³-hybridized carbons (Fsp3) is 0.714. The van der Waals surface area contributed by atoms with Crippen LogP contribution in [0.1, 0.15) is 13.8 Å². The summed E-state index contributed by atoms with van der Waals surface area (Å²) in [5.74, 6) is 0.580. The number of aromatic nitrogens is 3. The van der Waals surface area contributed by atoms with E-state index in [1.165, 1.54) is 14.2 Å². The zero-order chi connectivity index (χ0) is 16.8. The fourth-order valence-electron chi connectivity index (χ4n) is 2.33. The van der Waals surface area contributed by atoms with Gasteiger partial charge in [0.25, 0.3) is 0 Å². The van der Waals surface area contributed by atoms with Crippen LogP contribution in [0.5, 0.6) is 12.0 Å². The molecule has 0 bridgehead atoms. The molecule has 1 fully saturated rings. The van der Waals surface area contributed by atoms with Crippen LogP contribution < -0.4 is 19.7 Å². The lowest BCUT2D eigenvalue weighted by atomic mass is 10.3. The Bertz CT molecular complexity index is 509. The zero-order valence-electron chi connectivity index (χ0n) is 14.1. The molecule has 1 N–H and O–H groups in total. The number of nitrogens with one attached hydrogen (secondary N) is 1. The van der Waals surface area contributed by atoms with Crippen molar-refractivity contribution < 1.29 is 14.3 Å². The Balaban J connectivity index is 1.92. The number of rotatable bonds is 6. The third-order valence-corrected chi connectivity index (χ3v) is 3.42. The molecule has 23 heavy (non-hydrogen) atoms. The van der Waals surface area contributed by atoms with Crippen LogP contribution in [0.3, 0.4) is 0 Å². The Hall–Kier alpha value is -2.16. The fourth-order valence-corrected chi connectivity index (χ4v) is 2.33. The third kappa shape index (κ3) is 4.92. The Labute approximate surface area is 136 Å². The van der Waals surface area contributed by atoms with Crippen LogP contribution in [0.2, 0.25) is 0 Å². The average molecular weight is 324 g/mol. The number of piperazine rings is 1. The van der Waals surface area contributed by atoms with E-state index in [2.05, 4.69) is 25.2 Å². The highest BCUT2D eigenvalue weighted by Gasteiger charge is 2.22. The maximum Gasteiger partial charge on any atom is 0.324 e. The van der Waals surface area contributed by atoms with Gasteiger partial charge in [-0.05, 0) is 13.8 Å². The molecule has 9 heteroatoms. The molecule has 0 radical (unpaired) electrons. The predicted molar refractivity (Wildman–Crippen MR) is 84.9 cm³/mol. The first-order valence-corrected chi connectivity index (χ1v) is 7.62. The minimum absolute atomic E-state index is 0.0527. The number of hydrogen-bond acceptors (Lipinski definition) is 8. The third-order valence-electron chi connectivity index (χ3n) is 3.42. The van der Waals surface area contributed by atoms with Gasteiger partial charge in [0.05, 0.1) is 20.8 Å². The van der Waals surface area contributed by atoms with Gasteiger partial charge in [-0.15, -0.1) is 4.98 Å². The lowest BCUT2D eigenvalue weighted by Gasteiger charge is -2.34. The van der Waals surface area contributed by atoms with E-state index in [0.29, 0.717) is 12.5 Å². The van der Waals surface area contributed by atoms with E-state index >= 15 is 0 Å². The van der Waals surface area contributed by atoms with Gasteiger partial charge in [-0.2, -0.15) is 9.97 Å². The lowest BCUT2D eigenvalue weighted by Crippen LogP contribution is -2.50. The van der Waals surface area contributed by atoms with Crippen LogP contribution in [0, 0.1) is 0 Å². The summed E-state index contributed by atoms with van der Waals surface area (Å²) in [6.45, 7) is 7.31. The van der Waals surface area contributed by atoms with Crippen LogP contribution in [0.15, 0.2) is 0 Å². The lowest BCUT2D eigenvalue weighted by molar-refractivity contribution is -0.122. The van der Waals surface area contributed by atoms with E-state index in [-0.39, 0.29) is 24.0 Å². The van der Waals surface area contributed by atoms with E-state index < -0.39 is 0 Å². The number of carbonyl (C=O) groups is 1. The first kappa shape index (κ1) is 17.2. The van der Waals surface area contributed by atoms with Crippen molar-refractivity contribution in [1.29, 1.82) is 0 Å². The summed E-state index contributed by atoms with van der Waals surface area (Å²) < 4.78 is 10.1. The molecule has 1 aliphatic heterocycles. The summed E-state index contributed by atoms with van der Waals surface area (Å²) >= 11 is 0. The zero-order valence-corrected chi connectivity index (χ0v) is 14.1. The number of amides is 1. The van der Waals surface area contributed by atoms with E-state index in [1.807, 2.05) is 18.7 Å². The molecule has 1 amide bonds. The summed E-state index contributed by atoms with van der Waals surface area (Å²) in [4.78, 5) is 28.4. The van der Waals surface area contributed by atoms with Crippen molar-refractivity contribution in [2.75, 3.05) is 51.8 Å². The van der Waals surface area contributed by atoms with Gasteiger partial charge in [0.15, 0.2) is 0 Å². The first-order valence-electron chi connectivity index (χ1n) is 7.62. The summed E-state index contributed by atoms with van der Waals surface area (Å²) in [5, 5.41) is 2.90. The van der Waals surface area contributed by atoms with Gasteiger partial charge in [0.1, 0.15) is 0 Å². The SMILES string of the molecule is COc1nc(OC)nc(N2CCN(CC(=O)NC(C)C)CC2)n1. The molecule has 1 aliphatic rings.